The van der Waals surface area contributed by atoms with E-state index in [1.54, 1.807) is 81.4 Å². The predicted molar refractivity (Wildman–Crippen MR) is 182 cm³/mol. The van der Waals surface area contributed by atoms with Gasteiger partial charge in [0.05, 0.1) is 20.8 Å². The quantitative estimate of drug-likeness (QED) is 0.0434. The van der Waals surface area contributed by atoms with Crippen LogP contribution in [0.5, 0.6) is 17.2 Å². The SMILES string of the molecule is COc1cccc(CNNC(=O)[C@@]2(CCC(=O)OC(C)(C)C)N=C(c3ccc(OCCCO)cc3)O[C@H]2c2ccccc2N=[N+]=[N-])c1OC. The Kier molecular flexibility index (Phi) is 12.4. The molecule has 1 amide bonds. The molecule has 0 spiro atoms. The van der Waals surface area contributed by atoms with Crippen LogP contribution in [0.1, 0.15) is 62.8 Å². The normalized spacial score (nSPS) is 16.9. The minimum atomic E-state index is -1.73. The number of rotatable bonds is 16. The lowest BCUT2D eigenvalue weighted by Crippen LogP contribution is -2.52. The first-order valence-corrected chi connectivity index (χ1v) is 15.7. The molecule has 3 aromatic carbocycles. The number of carbonyl (C=O) groups excluding carboxylic acids is 2. The van der Waals surface area contributed by atoms with Crippen molar-refractivity contribution >= 4 is 23.5 Å². The molecule has 14 nitrogen and oxygen atoms in total. The van der Waals surface area contributed by atoms with E-state index in [9.17, 15) is 15.1 Å². The van der Waals surface area contributed by atoms with Crippen LogP contribution in [0.3, 0.4) is 0 Å². The Labute approximate surface area is 285 Å². The Balaban J connectivity index is 1.75. The van der Waals surface area contributed by atoms with Crippen LogP contribution in [0.4, 0.5) is 5.69 Å². The van der Waals surface area contributed by atoms with Gasteiger partial charge in [-0.1, -0.05) is 41.5 Å². The topological polar surface area (TPSA) is 186 Å². The lowest BCUT2D eigenvalue weighted by molar-refractivity contribution is -0.155. The largest absolute Gasteiger partial charge is 0.494 e. The second kappa shape index (κ2) is 16.7. The summed E-state index contributed by atoms with van der Waals surface area (Å²) >= 11 is 0. The highest BCUT2D eigenvalue weighted by molar-refractivity contribution is 6.01. The molecule has 0 saturated carbocycles. The molecule has 49 heavy (non-hydrogen) atoms. The summed E-state index contributed by atoms with van der Waals surface area (Å²) in [6.45, 7) is 5.79. The standard InChI is InChI=1S/C35H42N6O8/c1-34(2,3)49-29(43)18-19-35(33(44)40-37-22-24-10-8-13-28(45-4)30(24)46-5)31(26-11-6-7-12-27(26)39-41-36)48-32(38-35)23-14-16-25(17-15-23)47-21-9-20-42/h6-8,10-17,31,37,42H,9,18-22H2,1-5H3,(H,40,44)/t31-,35-/m0/s1. The number of aliphatic imine (C=N–C) groups is 1. The number of amides is 1. The lowest BCUT2D eigenvalue weighted by Gasteiger charge is -2.31. The highest BCUT2D eigenvalue weighted by atomic mass is 16.6. The molecule has 4 rings (SSSR count). The van der Waals surface area contributed by atoms with Crippen molar-refractivity contribution in [3.05, 3.63) is 93.9 Å². The molecule has 1 aliphatic heterocycles. The van der Waals surface area contributed by atoms with Crippen LogP contribution < -0.4 is 25.1 Å². The summed E-state index contributed by atoms with van der Waals surface area (Å²) < 4.78 is 28.6. The van der Waals surface area contributed by atoms with Gasteiger partial charge in [0, 0.05) is 53.3 Å². The van der Waals surface area contributed by atoms with Gasteiger partial charge in [-0.15, -0.1) is 0 Å². The first-order chi connectivity index (χ1) is 23.5. The number of nitrogens with zero attached hydrogens (tertiary/aromatic N) is 4. The highest BCUT2D eigenvalue weighted by Crippen LogP contribution is 2.46. The summed E-state index contributed by atoms with van der Waals surface area (Å²) in [6, 6.07) is 19.0. The van der Waals surface area contributed by atoms with Crippen LogP contribution in [-0.4, -0.2) is 61.5 Å². The van der Waals surface area contributed by atoms with Gasteiger partial charge in [0.25, 0.3) is 5.91 Å². The van der Waals surface area contributed by atoms with Gasteiger partial charge in [0.1, 0.15) is 11.4 Å². The van der Waals surface area contributed by atoms with Crippen molar-refractivity contribution in [1.29, 1.82) is 0 Å². The Morgan fingerprint density at radius 3 is 2.49 bits per heavy atom. The maximum absolute atomic E-state index is 14.5. The van der Waals surface area contributed by atoms with Crippen molar-refractivity contribution < 1.29 is 38.4 Å². The van der Waals surface area contributed by atoms with Gasteiger partial charge in [-0.3, -0.25) is 15.0 Å². The molecule has 0 radical (unpaired) electrons. The number of nitrogens with one attached hydrogen (secondary N) is 2. The molecule has 3 aromatic rings. The summed E-state index contributed by atoms with van der Waals surface area (Å²) in [5.74, 6) is 0.617. The number of azide groups is 1. The third kappa shape index (κ3) is 9.20. The second-order valence-electron chi connectivity index (χ2n) is 12.1. The van der Waals surface area contributed by atoms with Gasteiger partial charge >= 0.3 is 5.97 Å². The van der Waals surface area contributed by atoms with Crippen molar-refractivity contribution in [3.63, 3.8) is 0 Å². The zero-order valence-corrected chi connectivity index (χ0v) is 28.3. The molecule has 260 valence electrons. The number of esters is 1. The molecular formula is C35H42N6O8. The van der Waals surface area contributed by atoms with E-state index in [-0.39, 0.29) is 37.6 Å². The van der Waals surface area contributed by atoms with Gasteiger partial charge in [0.2, 0.25) is 5.90 Å². The number of hydrazine groups is 1. The van der Waals surface area contributed by atoms with E-state index in [2.05, 4.69) is 20.9 Å². The monoisotopic (exact) mass is 674 g/mol. The molecule has 1 aliphatic rings. The van der Waals surface area contributed by atoms with E-state index < -0.39 is 29.1 Å². The van der Waals surface area contributed by atoms with Crippen molar-refractivity contribution in [3.8, 4) is 17.2 Å². The average molecular weight is 675 g/mol. The van der Waals surface area contributed by atoms with Crippen molar-refractivity contribution in [2.45, 2.75) is 63.8 Å². The Morgan fingerprint density at radius 2 is 1.82 bits per heavy atom. The van der Waals surface area contributed by atoms with E-state index in [0.717, 1.165) is 0 Å². The molecule has 0 bridgehead atoms. The fraction of sp³-hybridized carbons (Fsp3) is 0.400. The van der Waals surface area contributed by atoms with E-state index in [0.29, 0.717) is 47.0 Å². The van der Waals surface area contributed by atoms with Crippen LogP contribution >= 0.6 is 0 Å². The number of benzene rings is 3. The molecular weight excluding hydrogens is 632 g/mol. The fourth-order valence-electron chi connectivity index (χ4n) is 5.30. The molecule has 0 fully saturated rings. The van der Waals surface area contributed by atoms with Crippen LogP contribution in [0.2, 0.25) is 0 Å². The van der Waals surface area contributed by atoms with E-state index in [4.69, 9.17) is 33.8 Å². The van der Waals surface area contributed by atoms with Gasteiger partial charge in [-0.2, -0.15) is 0 Å². The fourth-order valence-corrected chi connectivity index (χ4v) is 5.30. The molecule has 0 aromatic heterocycles. The highest BCUT2D eigenvalue weighted by Gasteiger charge is 2.54. The number of hydrogen-bond acceptors (Lipinski definition) is 11. The Bertz CT molecular complexity index is 1680. The maximum atomic E-state index is 14.5. The number of ether oxygens (including phenoxy) is 5. The average Bonchev–Trinajstić information content (AvgIpc) is 3.48. The van der Waals surface area contributed by atoms with Crippen LogP contribution in [-0.2, 0) is 25.6 Å². The van der Waals surface area contributed by atoms with Gasteiger partial charge in [0.15, 0.2) is 23.1 Å². The third-order valence-electron chi connectivity index (χ3n) is 7.50. The summed E-state index contributed by atoms with van der Waals surface area (Å²) in [4.78, 5) is 35.3. The van der Waals surface area contributed by atoms with Crippen molar-refractivity contribution in [2.24, 2.45) is 10.1 Å². The number of methoxy groups -OCH3 is 2. The van der Waals surface area contributed by atoms with E-state index >= 15 is 0 Å². The minimum absolute atomic E-state index is 0.0107. The first kappa shape index (κ1) is 36.5. The van der Waals surface area contributed by atoms with Crippen molar-refractivity contribution in [1.82, 2.24) is 10.9 Å². The predicted octanol–water partition coefficient (Wildman–Crippen LogP) is 5.61. The number of hydrogen-bond donors (Lipinski definition) is 3. The molecule has 0 saturated heterocycles. The third-order valence-corrected chi connectivity index (χ3v) is 7.50. The molecule has 0 unspecified atom stereocenters. The van der Waals surface area contributed by atoms with Gasteiger partial charge < -0.3 is 28.8 Å². The number of aliphatic hydroxyl groups excluding tert-OH is 1. The molecule has 14 heteroatoms. The van der Waals surface area contributed by atoms with Crippen LogP contribution in [0.25, 0.3) is 10.4 Å². The minimum Gasteiger partial charge on any atom is -0.494 e. The summed E-state index contributed by atoms with van der Waals surface area (Å²) in [7, 11) is 3.06. The maximum Gasteiger partial charge on any atom is 0.306 e. The molecule has 1 heterocycles. The van der Waals surface area contributed by atoms with Gasteiger partial charge in [-0.25, -0.2) is 10.4 Å². The van der Waals surface area contributed by atoms with E-state index in [1.165, 1.54) is 14.2 Å². The molecule has 3 N–H and O–H groups in total. The first-order valence-electron chi connectivity index (χ1n) is 15.7. The molecule has 0 aliphatic carbocycles. The van der Waals surface area contributed by atoms with Crippen molar-refractivity contribution in [2.75, 3.05) is 27.4 Å². The number of aliphatic hydroxyl groups is 1. The number of para-hydroxylation sites is 1. The lowest BCUT2D eigenvalue weighted by atomic mass is 9.83. The van der Waals surface area contributed by atoms with E-state index in [1.807, 2.05) is 6.07 Å². The Hall–Kier alpha value is -5.30. The smallest absolute Gasteiger partial charge is 0.306 e. The molecule has 2 atom stereocenters. The van der Waals surface area contributed by atoms with Gasteiger partial charge in [-0.05, 0) is 63.1 Å². The second-order valence-corrected chi connectivity index (χ2v) is 12.1. The summed E-state index contributed by atoms with van der Waals surface area (Å²) in [5, 5.41) is 12.9. The zero-order chi connectivity index (χ0) is 35.4. The Morgan fingerprint density at radius 1 is 1.06 bits per heavy atom. The van der Waals surface area contributed by atoms with Crippen LogP contribution in [0.15, 0.2) is 76.8 Å². The zero-order valence-electron chi connectivity index (χ0n) is 28.3. The van der Waals surface area contributed by atoms with Crippen LogP contribution in [0, 0.1) is 0 Å². The summed E-state index contributed by atoms with van der Waals surface area (Å²) in [5.41, 5.74) is 14.5. The number of carbonyl (C=O) groups is 2. The summed E-state index contributed by atoms with van der Waals surface area (Å²) in [6.07, 6.45) is -0.913.